The van der Waals surface area contributed by atoms with Crippen molar-refractivity contribution >= 4 is 21.6 Å². The second kappa shape index (κ2) is 4.87. The third kappa shape index (κ3) is 2.78. The second-order valence-electron chi connectivity index (χ2n) is 4.65. The molecule has 20 heavy (non-hydrogen) atoms. The van der Waals surface area contributed by atoms with Gasteiger partial charge in [0.1, 0.15) is 10.4 Å². The largest absolute Gasteiger partial charge is 0.407 e. The van der Waals surface area contributed by atoms with Crippen LogP contribution in [-0.2, 0) is 16.6 Å². The molecule has 1 aliphatic carbocycles. The predicted octanol–water partition coefficient (Wildman–Crippen LogP) is 2.17. The van der Waals surface area contributed by atoms with Gasteiger partial charge in [-0.05, 0) is 30.5 Å². The minimum absolute atomic E-state index is 0.0596. The van der Waals surface area contributed by atoms with Gasteiger partial charge in [0.05, 0.1) is 5.02 Å². The molecule has 0 aromatic heterocycles. The molecule has 112 valence electrons. The van der Waals surface area contributed by atoms with Crippen molar-refractivity contribution in [2.75, 3.05) is 0 Å². The van der Waals surface area contributed by atoms with E-state index in [0.717, 1.165) is 0 Å². The zero-order valence-electron chi connectivity index (χ0n) is 10.2. The molecule has 4 nitrogen and oxygen atoms in total. The molecule has 0 atom stereocenters. The van der Waals surface area contributed by atoms with E-state index in [-0.39, 0.29) is 24.4 Å². The summed E-state index contributed by atoms with van der Waals surface area (Å²) in [5.41, 5.74) is 3.48. The molecule has 9 heteroatoms. The number of nitrogens with two attached hydrogens (primary N) is 1. The van der Waals surface area contributed by atoms with Gasteiger partial charge in [0.15, 0.2) is 0 Å². The highest BCUT2D eigenvalue weighted by Gasteiger charge is 2.65. The third-order valence-electron chi connectivity index (χ3n) is 3.14. The summed E-state index contributed by atoms with van der Waals surface area (Å²) < 4.78 is 64.3. The molecule has 1 aliphatic rings. The van der Waals surface area contributed by atoms with Crippen LogP contribution < -0.4 is 10.5 Å². The monoisotopic (exact) mass is 328 g/mol. The zero-order chi connectivity index (χ0) is 15.2. The summed E-state index contributed by atoms with van der Waals surface area (Å²) in [5.74, 6) is 0. The van der Waals surface area contributed by atoms with Crippen molar-refractivity contribution < 1.29 is 21.6 Å². The van der Waals surface area contributed by atoms with E-state index >= 15 is 0 Å². The van der Waals surface area contributed by atoms with Crippen LogP contribution in [0.25, 0.3) is 0 Å². The molecule has 1 fully saturated rings. The van der Waals surface area contributed by atoms with Crippen LogP contribution in [0.15, 0.2) is 23.1 Å². The van der Waals surface area contributed by atoms with Gasteiger partial charge in [-0.3, -0.25) is 0 Å². The Kier molecular flexibility index (Phi) is 3.79. The number of nitrogens with one attached hydrogen (secondary N) is 1. The molecule has 1 aromatic carbocycles. The Morgan fingerprint density at radius 3 is 2.40 bits per heavy atom. The lowest BCUT2D eigenvalue weighted by molar-refractivity contribution is -0.160. The molecule has 3 N–H and O–H groups in total. The van der Waals surface area contributed by atoms with Gasteiger partial charge in [-0.2, -0.15) is 17.9 Å². The lowest BCUT2D eigenvalue weighted by Crippen LogP contribution is -2.47. The number of benzene rings is 1. The van der Waals surface area contributed by atoms with E-state index in [2.05, 4.69) is 0 Å². The summed E-state index contributed by atoms with van der Waals surface area (Å²) in [4.78, 5) is -0.391. The van der Waals surface area contributed by atoms with Crippen molar-refractivity contribution in [1.82, 2.24) is 4.72 Å². The first kappa shape index (κ1) is 15.6. The molecule has 0 saturated heterocycles. The Morgan fingerprint density at radius 2 is 1.95 bits per heavy atom. The van der Waals surface area contributed by atoms with Crippen molar-refractivity contribution in [2.45, 2.75) is 36.0 Å². The van der Waals surface area contributed by atoms with Gasteiger partial charge < -0.3 is 5.73 Å². The molecule has 0 radical (unpaired) electrons. The van der Waals surface area contributed by atoms with Crippen LogP contribution in [0.5, 0.6) is 0 Å². The van der Waals surface area contributed by atoms with E-state index in [9.17, 15) is 21.6 Å². The molecular weight excluding hydrogens is 317 g/mol. The van der Waals surface area contributed by atoms with Crippen LogP contribution in [-0.4, -0.2) is 20.1 Å². The summed E-state index contributed by atoms with van der Waals surface area (Å²) >= 11 is 5.76. The van der Waals surface area contributed by atoms with Crippen molar-refractivity contribution in [3.8, 4) is 0 Å². The number of alkyl halides is 3. The number of hydrogen-bond acceptors (Lipinski definition) is 3. The van der Waals surface area contributed by atoms with Gasteiger partial charge in [-0.1, -0.05) is 17.7 Å². The summed E-state index contributed by atoms with van der Waals surface area (Å²) in [5, 5.41) is -0.146. The van der Waals surface area contributed by atoms with Crippen LogP contribution in [0.4, 0.5) is 13.2 Å². The summed E-state index contributed by atoms with van der Waals surface area (Å²) in [6.45, 7) is 0.0596. The average Bonchev–Trinajstić information content (AvgIpc) is 3.09. The Bertz CT molecular complexity index is 627. The first-order valence-electron chi connectivity index (χ1n) is 5.70. The van der Waals surface area contributed by atoms with Crippen molar-refractivity contribution in [3.05, 3.63) is 28.8 Å². The molecule has 1 aromatic rings. The number of sulfonamides is 1. The summed E-state index contributed by atoms with van der Waals surface area (Å²) in [6.07, 6.45) is -5.17. The maximum Gasteiger partial charge on any atom is 0.407 e. The van der Waals surface area contributed by atoms with E-state index < -0.39 is 26.6 Å². The van der Waals surface area contributed by atoms with Crippen LogP contribution >= 0.6 is 11.6 Å². The molecule has 0 spiro atoms. The van der Waals surface area contributed by atoms with E-state index in [1.807, 2.05) is 0 Å². The summed E-state index contributed by atoms with van der Waals surface area (Å²) in [7, 11) is -4.36. The summed E-state index contributed by atoms with van der Waals surface area (Å²) in [6, 6.07) is 3.99. The highest BCUT2D eigenvalue weighted by atomic mass is 35.5. The van der Waals surface area contributed by atoms with Gasteiger partial charge in [0.2, 0.25) is 10.0 Å². The van der Waals surface area contributed by atoms with Crippen molar-refractivity contribution in [1.29, 1.82) is 0 Å². The molecule has 0 heterocycles. The zero-order valence-corrected chi connectivity index (χ0v) is 11.7. The van der Waals surface area contributed by atoms with E-state index in [4.69, 9.17) is 17.3 Å². The van der Waals surface area contributed by atoms with Crippen molar-refractivity contribution in [3.63, 3.8) is 0 Å². The number of rotatable bonds is 4. The fraction of sp³-hybridized carbons (Fsp3) is 0.455. The lowest BCUT2D eigenvalue weighted by Gasteiger charge is -2.21. The van der Waals surface area contributed by atoms with Crippen LogP contribution in [0.3, 0.4) is 0 Å². The SMILES string of the molecule is NCc1ccc(Cl)c(S(=O)(=O)NC2(C(F)(F)F)CC2)c1. The highest BCUT2D eigenvalue weighted by Crippen LogP contribution is 2.49. The second-order valence-corrected chi connectivity index (χ2v) is 6.71. The van der Waals surface area contributed by atoms with E-state index in [0.29, 0.717) is 5.56 Å². The van der Waals surface area contributed by atoms with E-state index in [1.165, 1.54) is 18.2 Å². The Hall–Kier alpha value is -0.830. The van der Waals surface area contributed by atoms with Gasteiger partial charge in [0.25, 0.3) is 0 Å². The van der Waals surface area contributed by atoms with Crippen molar-refractivity contribution in [2.24, 2.45) is 5.73 Å². The van der Waals surface area contributed by atoms with Gasteiger partial charge in [-0.25, -0.2) is 8.42 Å². The maximum atomic E-state index is 12.8. The predicted molar refractivity (Wildman–Crippen MR) is 67.7 cm³/mol. The minimum Gasteiger partial charge on any atom is -0.326 e. The quantitative estimate of drug-likeness (QED) is 0.889. The first-order valence-corrected chi connectivity index (χ1v) is 7.57. The molecule has 0 bridgehead atoms. The highest BCUT2D eigenvalue weighted by molar-refractivity contribution is 7.89. The number of hydrogen-bond donors (Lipinski definition) is 2. The van der Waals surface area contributed by atoms with Crippen LogP contribution in [0.1, 0.15) is 18.4 Å². The molecule has 0 amide bonds. The topological polar surface area (TPSA) is 72.2 Å². The van der Waals surface area contributed by atoms with Gasteiger partial charge in [-0.15, -0.1) is 0 Å². The van der Waals surface area contributed by atoms with Gasteiger partial charge >= 0.3 is 6.18 Å². The maximum absolute atomic E-state index is 12.8. The van der Waals surface area contributed by atoms with E-state index in [1.54, 1.807) is 4.72 Å². The number of halogens is 4. The molecule has 1 saturated carbocycles. The lowest BCUT2D eigenvalue weighted by atomic mass is 10.2. The molecule has 0 aliphatic heterocycles. The fourth-order valence-electron chi connectivity index (χ4n) is 1.76. The van der Waals surface area contributed by atoms with Crippen LogP contribution in [0.2, 0.25) is 5.02 Å². The molecule has 2 rings (SSSR count). The smallest absolute Gasteiger partial charge is 0.326 e. The molecule has 0 unspecified atom stereocenters. The Morgan fingerprint density at radius 1 is 1.35 bits per heavy atom. The standard InChI is InChI=1S/C11H12ClF3N2O2S/c12-8-2-1-7(6-16)5-9(8)20(18,19)17-10(3-4-10)11(13,14)15/h1-2,5,17H,3-4,6,16H2. The van der Waals surface area contributed by atoms with Gasteiger partial charge in [0, 0.05) is 6.54 Å². The molecular formula is C11H12ClF3N2O2S. The Balaban J connectivity index is 2.37. The average molecular weight is 329 g/mol. The minimum atomic E-state index is -4.63. The first-order chi connectivity index (χ1) is 9.11. The Labute approximate surface area is 119 Å². The normalized spacial score (nSPS) is 18.1. The van der Waals surface area contributed by atoms with Crippen LogP contribution in [0, 0.1) is 0 Å². The fourth-order valence-corrected chi connectivity index (χ4v) is 3.76. The third-order valence-corrected chi connectivity index (χ3v) is 5.16.